The SMILES string of the molecule is COC(=O)C1=C(C)N(c2ccc(C)cc2)[C@]2(O)c3ccccc3C(=O)[C@]12O. The van der Waals surface area contributed by atoms with Crippen LogP contribution in [0.3, 0.4) is 0 Å². The van der Waals surface area contributed by atoms with E-state index < -0.39 is 23.1 Å². The normalized spacial score (nSPS) is 26.3. The smallest absolute Gasteiger partial charge is 0.339 e. The summed E-state index contributed by atoms with van der Waals surface area (Å²) in [5, 5.41) is 23.3. The van der Waals surface area contributed by atoms with Gasteiger partial charge in [0, 0.05) is 22.5 Å². The second-order valence-corrected chi connectivity index (χ2v) is 6.88. The molecule has 0 aromatic heterocycles. The number of rotatable bonds is 2. The first-order chi connectivity index (χ1) is 12.8. The standard InChI is InChI=1S/C21H19NO5/c1-12-8-10-14(11-9-12)22-13(2)17(19(24)27-3)20(25)18(23)15-6-4-5-7-16(15)21(20,22)26/h4-11,25-26H,1-3H3/t20-,21+/m1/s1. The molecule has 6 nitrogen and oxygen atoms in total. The minimum absolute atomic E-state index is 0.175. The van der Waals surface area contributed by atoms with Crippen molar-refractivity contribution < 1.29 is 24.5 Å². The van der Waals surface area contributed by atoms with Crippen LogP contribution in [0.2, 0.25) is 0 Å². The number of allylic oxidation sites excluding steroid dienone is 1. The van der Waals surface area contributed by atoms with Gasteiger partial charge in [0.2, 0.25) is 17.1 Å². The van der Waals surface area contributed by atoms with Crippen molar-refractivity contribution in [3.63, 3.8) is 0 Å². The molecule has 0 saturated heterocycles. The number of aliphatic hydroxyl groups is 2. The number of Topliss-reactive ketones (excluding diaryl/α,β-unsaturated/α-hetero) is 1. The van der Waals surface area contributed by atoms with Crippen molar-refractivity contribution in [3.05, 3.63) is 76.5 Å². The van der Waals surface area contributed by atoms with E-state index in [9.17, 15) is 19.8 Å². The zero-order valence-electron chi connectivity index (χ0n) is 15.2. The van der Waals surface area contributed by atoms with Crippen LogP contribution in [0.15, 0.2) is 59.8 Å². The Balaban J connectivity index is 2.07. The number of anilines is 1. The maximum absolute atomic E-state index is 13.1. The molecule has 6 heteroatoms. The first-order valence-electron chi connectivity index (χ1n) is 8.54. The van der Waals surface area contributed by atoms with Crippen LogP contribution in [0, 0.1) is 6.92 Å². The van der Waals surface area contributed by atoms with Gasteiger partial charge in [-0.25, -0.2) is 4.79 Å². The van der Waals surface area contributed by atoms with Gasteiger partial charge in [-0.05, 0) is 26.0 Å². The van der Waals surface area contributed by atoms with Crippen molar-refractivity contribution in [2.24, 2.45) is 0 Å². The Morgan fingerprint density at radius 2 is 1.67 bits per heavy atom. The minimum atomic E-state index is -2.46. The highest BCUT2D eigenvalue weighted by Crippen LogP contribution is 2.57. The third kappa shape index (κ3) is 1.91. The number of esters is 1. The molecule has 2 aliphatic rings. The highest BCUT2D eigenvalue weighted by atomic mass is 16.5. The number of hydrogen-bond donors (Lipinski definition) is 2. The van der Waals surface area contributed by atoms with Crippen LogP contribution in [-0.4, -0.2) is 34.7 Å². The molecule has 4 rings (SSSR count). The minimum Gasteiger partial charge on any atom is -0.466 e. The van der Waals surface area contributed by atoms with E-state index in [0.29, 0.717) is 5.69 Å². The molecule has 0 fully saturated rings. The molecular weight excluding hydrogens is 346 g/mol. The van der Waals surface area contributed by atoms with E-state index in [-0.39, 0.29) is 22.4 Å². The van der Waals surface area contributed by atoms with Crippen LogP contribution in [0.4, 0.5) is 5.69 Å². The number of carbonyl (C=O) groups is 2. The zero-order chi connectivity index (χ0) is 19.6. The molecule has 2 atom stereocenters. The molecule has 1 aliphatic carbocycles. The monoisotopic (exact) mass is 365 g/mol. The van der Waals surface area contributed by atoms with E-state index in [1.807, 2.05) is 19.1 Å². The third-order valence-corrected chi connectivity index (χ3v) is 5.44. The Kier molecular flexibility index (Phi) is 3.57. The number of benzene rings is 2. The van der Waals surface area contributed by atoms with Gasteiger partial charge in [-0.15, -0.1) is 0 Å². The van der Waals surface area contributed by atoms with Gasteiger partial charge in [0.05, 0.1) is 7.11 Å². The summed E-state index contributed by atoms with van der Waals surface area (Å²) in [6.45, 7) is 3.51. The fourth-order valence-corrected chi connectivity index (χ4v) is 4.19. The molecule has 0 saturated carbocycles. The van der Waals surface area contributed by atoms with Crippen LogP contribution in [0.5, 0.6) is 0 Å². The number of nitrogens with zero attached hydrogens (tertiary/aromatic N) is 1. The maximum atomic E-state index is 13.1. The van der Waals surface area contributed by atoms with Gasteiger partial charge in [0.25, 0.3) is 0 Å². The van der Waals surface area contributed by atoms with Crippen molar-refractivity contribution in [1.82, 2.24) is 0 Å². The van der Waals surface area contributed by atoms with Gasteiger partial charge in [-0.2, -0.15) is 0 Å². The summed E-state index contributed by atoms with van der Waals surface area (Å²) < 4.78 is 4.83. The number of carbonyl (C=O) groups excluding carboxylic acids is 2. The predicted molar refractivity (Wildman–Crippen MR) is 98.0 cm³/mol. The fraction of sp³-hybridized carbons (Fsp3) is 0.238. The quantitative estimate of drug-likeness (QED) is 0.792. The molecule has 0 amide bonds. The molecule has 1 aliphatic heterocycles. The molecule has 2 N–H and O–H groups in total. The number of ether oxygens (including phenoxy) is 1. The molecule has 138 valence electrons. The summed E-state index contributed by atoms with van der Waals surface area (Å²) in [6.07, 6.45) is 0. The third-order valence-electron chi connectivity index (χ3n) is 5.44. The number of methoxy groups -OCH3 is 1. The van der Waals surface area contributed by atoms with E-state index in [1.54, 1.807) is 37.3 Å². The molecule has 27 heavy (non-hydrogen) atoms. The second kappa shape index (κ2) is 5.52. The van der Waals surface area contributed by atoms with E-state index in [2.05, 4.69) is 0 Å². The Labute approximate surface area is 156 Å². The molecule has 1 heterocycles. The zero-order valence-corrected chi connectivity index (χ0v) is 15.2. The van der Waals surface area contributed by atoms with Gasteiger partial charge < -0.3 is 19.8 Å². The van der Waals surface area contributed by atoms with Gasteiger partial charge in [-0.3, -0.25) is 4.79 Å². The number of ketones is 1. The number of fused-ring (bicyclic) bond motifs is 3. The molecule has 0 bridgehead atoms. The average Bonchev–Trinajstić information content (AvgIpc) is 2.95. The first kappa shape index (κ1) is 17.5. The summed E-state index contributed by atoms with van der Waals surface area (Å²) in [7, 11) is 1.17. The lowest BCUT2D eigenvalue weighted by atomic mass is 9.85. The Bertz CT molecular complexity index is 1010. The lowest BCUT2D eigenvalue weighted by molar-refractivity contribution is -0.142. The van der Waals surface area contributed by atoms with Crippen LogP contribution in [-0.2, 0) is 15.3 Å². The van der Waals surface area contributed by atoms with Crippen LogP contribution in [0.25, 0.3) is 0 Å². The van der Waals surface area contributed by atoms with Gasteiger partial charge in [-0.1, -0.05) is 42.0 Å². The first-order valence-corrected chi connectivity index (χ1v) is 8.54. The van der Waals surface area contributed by atoms with Crippen molar-refractivity contribution in [1.29, 1.82) is 0 Å². The summed E-state index contributed by atoms with van der Waals surface area (Å²) in [6, 6.07) is 13.7. The molecule has 0 unspecified atom stereocenters. The number of aryl methyl sites for hydroxylation is 1. The Hall–Kier alpha value is -2.96. The molecule has 0 spiro atoms. The second-order valence-electron chi connectivity index (χ2n) is 6.88. The summed E-state index contributed by atoms with van der Waals surface area (Å²) in [5.74, 6) is -1.58. The molecular formula is C21H19NO5. The van der Waals surface area contributed by atoms with Crippen molar-refractivity contribution in [2.75, 3.05) is 12.0 Å². The lowest BCUT2D eigenvalue weighted by Gasteiger charge is -2.40. The van der Waals surface area contributed by atoms with Crippen LogP contribution in [0.1, 0.15) is 28.4 Å². The van der Waals surface area contributed by atoms with Crippen LogP contribution < -0.4 is 4.90 Å². The van der Waals surface area contributed by atoms with E-state index in [1.165, 1.54) is 18.1 Å². The van der Waals surface area contributed by atoms with Crippen LogP contribution >= 0.6 is 0 Å². The Morgan fingerprint density at radius 3 is 2.30 bits per heavy atom. The molecule has 2 aromatic rings. The summed E-state index contributed by atoms with van der Waals surface area (Å²) in [5.41, 5.74) is -2.62. The lowest BCUT2D eigenvalue weighted by Crippen LogP contribution is -2.58. The maximum Gasteiger partial charge on any atom is 0.339 e. The van der Waals surface area contributed by atoms with Gasteiger partial charge in [0.1, 0.15) is 5.57 Å². The highest BCUT2D eigenvalue weighted by molar-refractivity contribution is 6.17. The molecule has 2 aromatic carbocycles. The summed E-state index contributed by atoms with van der Waals surface area (Å²) in [4.78, 5) is 27.1. The van der Waals surface area contributed by atoms with Gasteiger partial charge in [0.15, 0.2) is 0 Å². The number of hydrogen-bond acceptors (Lipinski definition) is 6. The predicted octanol–water partition coefficient (Wildman–Crippen LogP) is 2.03. The fourth-order valence-electron chi connectivity index (χ4n) is 4.19. The Morgan fingerprint density at radius 1 is 1.04 bits per heavy atom. The van der Waals surface area contributed by atoms with E-state index in [0.717, 1.165) is 5.56 Å². The van der Waals surface area contributed by atoms with E-state index in [4.69, 9.17) is 4.74 Å². The highest BCUT2D eigenvalue weighted by Gasteiger charge is 2.73. The average molecular weight is 365 g/mol. The van der Waals surface area contributed by atoms with Crippen molar-refractivity contribution in [3.8, 4) is 0 Å². The summed E-state index contributed by atoms with van der Waals surface area (Å²) >= 11 is 0. The van der Waals surface area contributed by atoms with Crippen molar-refractivity contribution >= 4 is 17.4 Å². The largest absolute Gasteiger partial charge is 0.466 e. The van der Waals surface area contributed by atoms with E-state index >= 15 is 0 Å². The van der Waals surface area contributed by atoms with Crippen molar-refractivity contribution in [2.45, 2.75) is 25.2 Å². The van der Waals surface area contributed by atoms with Gasteiger partial charge >= 0.3 is 5.97 Å². The molecule has 0 radical (unpaired) electrons. The topological polar surface area (TPSA) is 87.1 Å².